The van der Waals surface area contributed by atoms with Gasteiger partial charge in [0, 0.05) is 9.32 Å². The first-order chi connectivity index (χ1) is 11.1. The summed E-state index contributed by atoms with van der Waals surface area (Å²) in [6, 6.07) is 13.7. The molecule has 3 rings (SSSR count). The Morgan fingerprint density at radius 2 is 1.83 bits per heavy atom. The zero-order chi connectivity index (χ0) is 16.4. The summed E-state index contributed by atoms with van der Waals surface area (Å²) in [6.45, 7) is 2.15. The highest BCUT2D eigenvalue weighted by Crippen LogP contribution is 2.44. The normalized spacial score (nSPS) is 15.4. The van der Waals surface area contributed by atoms with Gasteiger partial charge in [0.2, 0.25) is 0 Å². The molecule has 118 valence electrons. The molecule has 23 heavy (non-hydrogen) atoms. The Morgan fingerprint density at radius 3 is 2.48 bits per heavy atom. The summed E-state index contributed by atoms with van der Waals surface area (Å²) in [6.07, 6.45) is 5.28. The molecular formula is C20H18FIS. The molecule has 0 aliphatic heterocycles. The molecule has 0 fully saturated rings. The van der Waals surface area contributed by atoms with Crippen LogP contribution in [-0.2, 0) is 0 Å². The minimum Gasteiger partial charge on any atom is -0.207 e. The SMILES string of the molecule is CSc1ccc(/C=C2\C(C)=C(CCI)c3cc(F)ccc32)cc1. The number of hydrogen-bond acceptors (Lipinski definition) is 1. The van der Waals surface area contributed by atoms with Gasteiger partial charge in [0.05, 0.1) is 0 Å². The number of benzene rings is 2. The summed E-state index contributed by atoms with van der Waals surface area (Å²) in [5, 5.41) is 0. The van der Waals surface area contributed by atoms with Crippen molar-refractivity contribution >= 4 is 51.6 Å². The van der Waals surface area contributed by atoms with Crippen molar-refractivity contribution in [2.45, 2.75) is 18.2 Å². The van der Waals surface area contributed by atoms with Crippen molar-refractivity contribution in [2.24, 2.45) is 0 Å². The average Bonchev–Trinajstić information content (AvgIpc) is 2.81. The molecule has 3 heteroatoms. The summed E-state index contributed by atoms with van der Waals surface area (Å²) in [5.41, 5.74) is 7.17. The van der Waals surface area contributed by atoms with Gasteiger partial charge in [-0.2, -0.15) is 0 Å². The Kier molecular flexibility index (Phi) is 5.27. The van der Waals surface area contributed by atoms with Crippen molar-refractivity contribution in [2.75, 3.05) is 10.7 Å². The number of alkyl halides is 1. The number of halogens is 2. The summed E-state index contributed by atoms with van der Waals surface area (Å²) in [7, 11) is 0. The fraction of sp³-hybridized carbons (Fsp3) is 0.200. The van der Waals surface area contributed by atoms with Gasteiger partial charge in [-0.25, -0.2) is 4.39 Å². The number of fused-ring (bicyclic) bond motifs is 1. The average molecular weight is 436 g/mol. The van der Waals surface area contributed by atoms with E-state index in [1.54, 1.807) is 23.9 Å². The smallest absolute Gasteiger partial charge is 0.123 e. The Balaban J connectivity index is 2.09. The van der Waals surface area contributed by atoms with Crippen molar-refractivity contribution in [1.82, 2.24) is 0 Å². The monoisotopic (exact) mass is 436 g/mol. The van der Waals surface area contributed by atoms with Crippen LogP contribution >= 0.6 is 34.4 Å². The van der Waals surface area contributed by atoms with Gasteiger partial charge in [-0.05, 0) is 83.4 Å². The molecular weight excluding hydrogens is 418 g/mol. The molecule has 2 aromatic rings. The molecule has 0 saturated carbocycles. The predicted molar refractivity (Wildman–Crippen MR) is 109 cm³/mol. The lowest BCUT2D eigenvalue weighted by Gasteiger charge is -2.05. The lowest BCUT2D eigenvalue weighted by Crippen LogP contribution is -1.87. The minimum atomic E-state index is -0.159. The van der Waals surface area contributed by atoms with Gasteiger partial charge in [0.25, 0.3) is 0 Å². The van der Waals surface area contributed by atoms with E-state index < -0.39 is 0 Å². The van der Waals surface area contributed by atoms with E-state index in [9.17, 15) is 4.39 Å². The van der Waals surface area contributed by atoms with Crippen molar-refractivity contribution < 1.29 is 4.39 Å². The maximum atomic E-state index is 13.7. The van der Waals surface area contributed by atoms with E-state index in [2.05, 4.69) is 66.1 Å². The fourth-order valence-electron chi connectivity index (χ4n) is 3.04. The van der Waals surface area contributed by atoms with Crippen LogP contribution in [0.1, 0.15) is 30.0 Å². The van der Waals surface area contributed by atoms with Gasteiger partial charge in [0.15, 0.2) is 0 Å². The first-order valence-corrected chi connectivity index (χ1v) is 10.3. The molecule has 0 atom stereocenters. The molecule has 0 spiro atoms. The molecule has 2 aromatic carbocycles. The largest absolute Gasteiger partial charge is 0.207 e. The highest BCUT2D eigenvalue weighted by Gasteiger charge is 2.23. The second-order valence-corrected chi connectivity index (χ2v) is 7.52. The van der Waals surface area contributed by atoms with Crippen molar-refractivity contribution in [3.8, 4) is 0 Å². The first-order valence-electron chi connectivity index (χ1n) is 7.56. The molecule has 1 aliphatic rings. The van der Waals surface area contributed by atoms with Crippen LogP contribution in [0, 0.1) is 5.82 Å². The van der Waals surface area contributed by atoms with Crippen LogP contribution in [0.2, 0.25) is 0 Å². The Bertz CT molecular complexity index is 788. The van der Waals surface area contributed by atoms with Crippen LogP contribution in [0.5, 0.6) is 0 Å². The topological polar surface area (TPSA) is 0 Å². The minimum absolute atomic E-state index is 0.159. The Hall–Kier alpha value is -1.07. The van der Waals surface area contributed by atoms with Crippen LogP contribution in [0.15, 0.2) is 52.9 Å². The summed E-state index contributed by atoms with van der Waals surface area (Å²) >= 11 is 4.13. The first kappa shape index (κ1) is 16.8. The quantitative estimate of drug-likeness (QED) is 0.292. The third kappa shape index (κ3) is 3.41. The van der Waals surface area contributed by atoms with E-state index in [4.69, 9.17) is 0 Å². The van der Waals surface area contributed by atoms with Crippen LogP contribution in [0.25, 0.3) is 17.2 Å². The van der Waals surface area contributed by atoms with Crippen LogP contribution in [-0.4, -0.2) is 10.7 Å². The van der Waals surface area contributed by atoms with Crippen molar-refractivity contribution in [1.29, 1.82) is 0 Å². The molecule has 0 nitrogen and oxygen atoms in total. The van der Waals surface area contributed by atoms with Crippen molar-refractivity contribution in [3.63, 3.8) is 0 Å². The maximum absolute atomic E-state index is 13.7. The summed E-state index contributed by atoms with van der Waals surface area (Å²) in [5.74, 6) is -0.159. The van der Waals surface area contributed by atoms with Gasteiger partial charge >= 0.3 is 0 Å². The maximum Gasteiger partial charge on any atom is 0.123 e. The van der Waals surface area contributed by atoms with E-state index in [0.717, 1.165) is 22.0 Å². The Morgan fingerprint density at radius 1 is 1.09 bits per heavy atom. The molecule has 0 heterocycles. The fourth-order valence-corrected chi connectivity index (χ4v) is 3.98. The molecule has 0 aromatic heterocycles. The molecule has 0 unspecified atom stereocenters. The lowest BCUT2D eigenvalue weighted by atomic mass is 10.0. The van der Waals surface area contributed by atoms with E-state index >= 15 is 0 Å². The Labute approximate surface area is 155 Å². The second kappa shape index (κ2) is 7.22. The van der Waals surface area contributed by atoms with E-state index in [0.29, 0.717) is 0 Å². The van der Waals surface area contributed by atoms with Crippen LogP contribution in [0.4, 0.5) is 4.39 Å². The lowest BCUT2D eigenvalue weighted by molar-refractivity contribution is 0.627. The number of rotatable bonds is 4. The van der Waals surface area contributed by atoms with Gasteiger partial charge in [0.1, 0.15) is 5.82 Å². The van der Waals surface area contributed by atoms with E-state index in [-0.39, 0.29) is 5.82 Å². The molecule has 0 N–H and O–H groups in total. The molecule has 0 amide bonds. The van der Waals surface area contributed by atoms with Crippen LogP contribution < -0.4 is 0 Å². The highest BCUT2D eigenvalue weighted by molar-refractivity contribution is 14.1. The highest BCUT2D eigenvalue weighted by atomic mass is 127. The molecule has 0 radical (unpaired) electrons. The zero-order valence-corrected chi connectivity index (χ0v) is 16.2. The third-order valence-corrected chi connectivity index (χ3v) is 5.51. The van der Waals surface area contributed by atoms with Gasteiger partial charge in [-0.1, -0.05) is 40.8 Å². The number of thioether (sulfide) groups is 1. The van der Waals surface area contributed by atoms with Gasteiger partial charge in [-0.15, -0.1) is 11.8 Å². The van der Waals surface area contributed by atoms with Gasteiger partial charge < -0.3 is 0 Å². The standard InChI is InChI=1S/C20H18FIS/c1-13-17(9-10-22)20-12-15(21)5-8-18(20)19(13)11-14-3-6-16(23-2)7-4-14/h3-8,11-12H,9-10H2,1-2H3/b19-11+. The number of hydrogen-bond donors (Lipinski definition) is 0. The van der Waals surface area contributed by atoms with E-state index in [1.807, 2.05) is 6.07 Å². The molecule has 0 bridgehead atoms. The number of allylic oxidation sites excluding steroid dienone is 3. The van der Waals surface area contributed by atoms with Crippen molar-refractivity contribution in [3.05, 3.63) is 70.5 Å². The van der Waals surface area contributed by atoms with Crippen LogP contribution in [0.3, 0.4) is 0 Å². The predicted octanol–water partition coefficient (Wildman–Crippen LogP) is 6.70. The molecule has 1 aliphatic carbocycles. The second-order valence-electron chi connectivity index (χ2n) is 5.56. The van der Waals surface area contributed by atoms with E-state index in [1.165, 1.54) is 27.2 Å². The zero-order valence-electron chi connectivity index (χ0n) is 13.2. The molecule has 0 saturated heterocycles. The summed E-state index contributed by atoms with van der Waals surface area (Å²) < 4.78 is 14.7. The third-order valence-electron chi connectivity index (χ3n) is 4.22. The summed E-state index contributed by atoms with van der Waals surface area (Å²) in [4.78, 5) is 1.26. The van der Waals surface area contributed by atoms with Gasteiger partial charge in [-0.3, -0.25) is 0 Å².